The van der Waals surface area contributed by atoms with Crippen LogP contribution in [0.25, 0.3) is 0 Å². The Morgan fingerprint density at radius 1 is 1.31 bits per heavy atom. The predicted molar refractivity (Wildman–Crippen MR) is 66.0 cm³/mol. The van der Waals surface area contributed by atoms with Crippen molar-refractivity contribution in [3.05, 3.63) is 0 Å². The normalized spacial score (nSPS) is 40.5. The molecule has 2 N–H and O–H groups in total. The number of methoxy groups -OCH3 is 1. The standard InChI is InChI=1S/C13H26N2O/c1-12(2)10-5-6-13(12,3)11(9-10)15-14-7-8-16-4/h10-11,14-15H,5-9H2,1-4H3. The van der Waals surface area contributed by atoms with Crippen molar-refractivity contribution in [3.8, 4) is 0 Å². The molecule has 3 atom stereocenters. The molecule has 3 nitrogen and oxygen atoms in total. The number of ether oxygens (including phenoxy) is 1. The third-order valence-corrected chi connectivity index (χ3v) is 5.50. The molecule has 0 aliphatic heterocycles. The van der Waals surface area contributed by atoms with Crippen LogP contribution >= 0.6 is 0 Å². The maximum absolute atomic E-state index is 5.03. The summed E-state index contributed by atoms with van der Waals surface area (Å²) in [7, 11) is 1.74. The van der Waals surface area contributed by atoms with Gasteiger partial charge in [-0.05, 0) is 36.0 Å². The molecule has 16 heavy (non-hydrogen) atoms. The van der Waals surface area contributed by atoms with E-state index < -0.39 is 0 Å². The second kappa shape index (κ2) is 4.28. The Labute approximate surface area is 99.3 Å². The topological polar surface area (TPSA) is 33.3 Å². The molecule has 3 heteroatoms. The summed E-state index contributed by atoms with van der Waals surface area (Å²) < 4.78 is 5.03. The SMILES string of the molecule is COCCNNC1CC2CCC1(C)C2(C)C. The van der Waals surface area contributed by atoms with Crippen LogP contribution in [0.4, 0.5) is 0 Å². The molecule has 94 valence electrons. The lowest BCUT2D eigenvalue weighted by Crippen LogP contribution is -2.50. The summed E-state index contributed by atoms with van der Waals surface area (Å²) in [5.74, 6) is 0.902. The highest BCUT2D eigenvalue weighted by Gasteiger charge is 2.61. The van der Waals surface area contributed by atoms with Gasteiger partial charge in [-0.1, -0.05) is 20.8 Å². The minimum absolute atomic E-state index is 0.456. The van der Waals surface area contributed by atoms with E-state index in [0.717, 1.165) is 19.1 Å². The maximum Gasteiger partial charge on any atom is 0.0601 e. The lowest BCUT2D eigenvalue weighted by molar-refractivity contribution is 0.110. The van der Waals surface area contributed by atoms with Gasteiger partial charge in [-0.2, -0.15) is 0 Å². The van der Waals surface area contributed by atoms with Crippen LogP contribution in [0.3, 0.4) is 0 Å². The van der Waals surface area contributed by atoms with Crippen LogP contribution in [0, 0.1) is 16.7 Å². The van der Waals surface area contributed by atoms with Crippen LogP contribution in [-0.4, -0.2) is 26.3 Å². The maximum atomic E-state index is 5.03. The van der Waals surface area contributed by atoms with Crippen LogP contribution in [0.15, 0.2) is 0 Å². The van der Waals surface area contributed by atoms with Gasteiger partial charge in [-0.15, -0.1) is 0 Å². The zero-order valence-electron chi connectivity index (χ0n) is 11.1. The van der Waals surface area contributed by atoms with Crippen molar-refractivity contribution in [1.29, 1.82) is 0 Å². The smallest absolute Gasteiger partial charge is 0.0601 e. The van der Waals surface area contributed by atoms with Gasteiger partial charge >= 0.3 is 0 Å². The van der Waals surface area contributed by atoms with Crippen molar-refractivity contribution in [3.63, 3.8) is 0 Å². The Morgan fingerprint density at radius 2 is 2.06 bits per heavy atom. The van der Waals surface area contributed by atoms with Crippen LogP contribution < -0.4 is 10.9 Å². The van der Waals surface area contributed by atoms with Crippen LogP contribution in [0.5, 0.6) is 0 Å². The summed E-state index contributed by atoms with van der Waals surface area (Å²) in [6, 6.07) is 0.623. The lowest BCUT2D eigenvalue weighted by atomic mass is 9.69. The molecule has 0 spiro atoms. The number of hydrazine groups is 1. The lowest BCUT2D eigenvalue weighted by Gasteiger charge is -2.39. The van der Waals surface area contributed by atoms with E-state index >= 15 is 0 Å². The van der Waals surface area contributed by atoms with Crippen molar-refractivity contribution in [2.75, 3.05) is 20.3 Å². The molecule has 0 aromatic heterocycles. The number of hydrogen-bond donors (Lipinski definition) is 2. The van der Waals surface area contributed by atoms with Gasteiger partial charge in [0.15, 0.2) is 0 Å². The summed E-state index contributed by atoms with van der Waals surface area (Å²) in [6.07, 6.45) is 4.11. The second-order valence-corrected chi connectivity index (χ2v) is 6.23. The first kappa shape index (κ1) is 12.3. The fraction of sp³-hybridized carbons (Fsp3) is 1.00. The first-order valence-electron chi connectivity index (χ1n) is 6.49. The molecule has 2 rings (SSSR count). The summed E-state index contributed by atoms with van der Waals surface area (Å²) in [5, 5.41) is 0. The average Bonchev–Trinajstić information content (AvgIpc) is 2.57. The van der Waals surface area contributed by atoms with Gasteiger partial charge in [0.1, 0.15) is 0 Å². The Balaban J connectivity index is 1.89. The Morgan fingerprint density at radius 3 is 2.56 bits per heavy atom. The summed E-state index contributed by atoms with van der Waals surface area (Å²) in [4.78, 5) is 0. The minimum Gasteiger partial charge on any atom is -0.383 e. The zero-order chi connectivity index (χ0) is 11.8. The quantitative estimate of drug-likeness (QED) is 0.555. The monoisotopic (exact) mass is 226 g/mol. The average molecular weight is 226 g/mol. The van der Waals surface area contributed by atoms with Gasteiger partial charge in [0.25, 0.3) is 0 Å². The highest BCUT2D eigenvalue weighted by Crippen LogP contribution is 2.65. The van der Waals surface area contributed by atoms with Crippen molar-refractivity contribution in [1.82, 2.24) is 10.9 Å². The molecule has 0 aromatic rings. The summed E-state index contributed by atoms with van der Waals surface area (Å²) >= 11 is 0. The van der Waals surface area contributed by atoms with Crippen LogP contribution in [0.2, 0.25) is 0 Å². The van der Waals surface area contributed by atoms with Gasteiger partial charge in [0.05, 0.1) is 6.61 Å². The number of rotatable bonds is 5. The largest absolute Gasteiger partial charge is 0.383 e. The Hall–Kier alpha value is -0.120. The predicted octanol–water partition coefficient (Wildman–Crippen LogP) is 1.94. The molecule has 3 unspecified atom stereocenters. The number of hydrogen-bond acceptors (Lipinski definition) is 3. The number of nitrogens with one attached hydrogen (secondary N) is 2. The molecule has 2 fully saturated rings. The molecule has 0 amide bonds. The zero-order valence-corrected chi connectivity index (χ0v) is 11.1. The van der Waals surface area contributed by atoms with E-state index in [1.807, 2.05) is 0 Å². The van der Waals surface area contributed by atoms with Crippen LogP contribution in [0.1, 0.15) is 40.0 Å². The molecular weight excluding hydrogens is 200 g/mol. The summed E-state index contributed by atoms with van der Waals surface area (Å²) in [5.41, 5.74) is 7.76. The molecule has 0 saturated heterocycles. The van der Waals surface area contributed by atoms with E-state index in [4.69, 9.17) is 4.74 Å². The molecule has 2 saturated carbocycles. The van der Waals surface area contributed by atoms with Crippen LogP contribution in [-0.2, 0) is 4.74 Å². The summed E-state index contributed by atoms with van der Waals surface area (Å²) in [6.45, 7) is 9.00. The first-order chi connectivity index (χ1) is 7.52. The molecule has 2 bridgehead atoms. The third-order valence-electron chi connectivity index (χ3n) is 5.50. The van der Waals surface area contributed by atoms with Crippen molar-refractivity contribution >= 4 is 0 Å². The minimum atomic E-state index is 0.456. The van der Waals surface area contributed by atoms with Gasteiger partial charge < -0.3 is 4.74 Å². The molecule has 0 radical (unpaired) electrons. The van der Waals surface area contributed by atoms with Crippen molar-refractivity contribution in [2.45, 2.75) is 46.1 Å². The second-order valence-electron chi connectivity index (χ2n) is 6.23. The molecule has 2 aliphatic rings. The third kappa shape index (κ3) is 1.69. The van der Waals surface area contributed by atoms with Gasteiger partial charge in [0, 0.05) is 19.7 Å². The van der Waals surface area contributed by atoms with E-state index in [1.54, 1.807) is 7.11 Å². The fourth-order valence-electron chi connectivity index (χ4n) is 3.77. The van der Waals surface area contributed by atoms with E-state index in [2.05, 4.69) is 31.6 Å². The van der Waals surface area contributed by atoms with Gasteiger partial charge in [-0.3, -0.25) is 10.9 Å². The van der Waals surface area contributed by atoms with Gasteiger partial charge in [0.2, 0.25) is 0 Å². The Bertz CT molecular complexity index is 254. The van der Waals surface area contributed by atoms with E-state index in [9.17, 15) is 0 Å². The number of fused-ring (bicyclic) bond motifs is 2. The van der Waals surface area contributed by atoms with E-state index in [1.165, 1.54) is 19.3 Å². The first-order valence-corrected chi connectivity index (χ1v) is 6.49. The molecule has 0 heterocycles. The molecule has 2 aliphatic carbocycles. The van der Waals surface area contributed by atoms with E-state index in [0.29, 0.717) is 16.9 Å². The van der Waals surface area contributed by atoms with Crippen molar-refractivity contribution in [2.24, 2.45) is 16.7 Å². The fourth-order valence-corrected chi connectivity index (χ4v) is 3.77. The Kier molecular flexibility index (Phi) is 3.30. The van der Waals surface area contributed by atoms with Gasteiger partial charge in [-0.25, -0.2) is 0 Å². The molecule has 0 aromatic carbocycles. The van der Waals surface area contributed by atoms with Crippen molar-refractivity contribution < 1.29 is 4.74 Å². The van der Waals surface area contributed by atoms with E-state index in [-0.39, 0.29) is 0 Å². The highest BCUT2D eigenvalue weighted by atomic mass is 16.5. The highest BCUT2D eigenvalue weighted by molar-refractivity contribution is 5.12. The molecular formula is C13H26N2O.